The Kier molecular flexibility index (Phi) is 6.89. The minimum absolute atomic E-state index is 0.134. The van der Waals surface area contributed by atoms with E-state index in [1.807, 2.05) is 30.3 Å². The molecule has 4 heteroatoms. The smallest absolute Gasteiger partial charge is 0.242 e. The normalized spacial score (nSPS) is 14.2. The molecule has 3 nitrogen and oxygen atoms in total. The summed E-state index contributed by atoms with van der Waals surface area (Å²) < 4.78 is 0. The Morgan fingerprint density at radius 2 is 2.00 bits per heavy atom. The van der Waals surface area contributed by atoms with Gasteiger partial charge in [-0.2, -0.15) is 0 Å². The third-order valence-corrected chi connectivity index (χ3v) is 3.88. The summed E-state index contributed by atoms with van der Waals surface area (Å²) in [5.74, 6) is -0.134. The van der Waals surface area contributed by atoms with Crippen LogP contribution in [-0.4, -0.2) is 37.0 Å². The third kappa shape index (κ3) is 5.21. The molecule has 0 heterocycles. The first kappa shape index (κ1) is 16.0. The Bertz CT molecular complexity index is 383. The molecule has 0 aliphatic heterocycles. The molecular weight excluding hydrogens is 260 g/mol. The van der Waals surface area contributed by atoms with Gasteiger partial charge in [-0.3, -0.25) is 4.79 Å². The Balaban J connectivity index is 2.36. The van der Waals surface area contributed by atoms with Crippen molar-refractivity contribution in [3.63, 3.8) is 0 Å². The average molecular weight is 283 g/mol. The highest BCUT2D eigenvalue weighted by Crippen LogP contribution is 2.19. The summed E-state index contributed by atoms with van der Waals surface area (Å²) in [6.07, 6.45) is 1.10. The largest absolute Gasteiger partial charge is 0.353 e. The van der Waals surface area contributed by atoms with Crippen LogP contribution in [0.5, 0.6) is 0 Å². The van der Waals surface area contributed by atoms with Gasteiger partial charge in [0.2, 0.25) is 5.91 Å². The number of alkyl halides is 1. The maximum absolute atomic E-state index is 11.9. The van der Waals surface area contributed by atoms with Gasteiger partial charge in [0.05, 0.1) is 0 Å². The maximum atomic E-state index is 11.9. The number of carbonyl (C=O) groups excluding carboxylic acids is 1. The second kappa shape index (κ2) is 8.18. The molecular formula is C15H23ClN2O. The first-order valence-electron chi connectivity index (χ1n) is 6.73. The van der Waals surface area contributed by atoms with Gasteiger partial charge in [0, 0.05) is 19.1 Å². The number of nitrogens with zero attached hydrogens (tertiary/aromatic N) is 1. The fourth-order valence-electron chi connectivity index (χ4n) is 1.75. The van der Waals surface area contributed by atoms with Crippen molar-refractivity contribution in [1.29, 1.82) is 0 Å². The number of nitrogens with one attached hydrogen (secondary N) is 1. The zero-order chi connectivity index (χ0) is 14.3. The zero-order valence-corrected chi connectivity index (χ0v) is 12.7. The van der Waals surface area contributed by atoms with E-state index in [1.165, 1.54) is 0 Å². The second-order valence-electron chi connectivity index (χ2n) is 4.80. The molecule has 1 aromatic carbocycles. The van der Waals surface area contributed by atoms with Crippen molar-refractivity contribution in [2.45, 2.75) is 31.7 Å². The average Bonchev–Trinajstić information content (AvgIpc) is 2.46. The fourth-order valence-corrected chi connectivity index (χ4v) is 1.97. The van der Waals surface area contributed by atoms with Gasteiger partial charge in [0.25, 0.3) is 0 Å². The highest BCUT2D eigenvalue weighted by Gasteiger charge is 2.16. The van der Waals surface area contributed by atoms with Crippen molar-refractivity contribution in [2.24, 2.45) is 0 Å². The topological polar surface area (TPSA) is 32.3 Å². The van der Waals surface area contributed by atoms with Crippen molar-refractivity contribution in [3.8, 4) is 0 Å². The van der Waals surface area contributed by atoms with Gasteiger partial charge < -0.3 is 10.2 Å². The monoisotopic (exact) mass is 282 g/mol. The van der Waals surface area contributed by atoms with Gasteiger partial charge in [0.15, 0.2) is 0 Å². The molecule has 2 atom stereocenters. The van der Waals surface area contributed by atoms with E-state index in [0.29, 0.717) is 12.6 Å². The molecule has 0 aromatic heterocycles. The van der Waals surface area contributed by atoms with Crippen molar-refractivity contribution in [3.05, 3.63) is 35.9 Å². The lowest BCUT2D eigenvalue weighted by Gasteiger charge is -2.23. The highest BCUT2D eigenvalue weighted by atomic mass is 35.5. The standard InChI is InChI=1S/C15H23ClN2O/c1-4-12(2)18(3)11-10-17-15(19)14(16)13-8-6-5-7-9-13/h5-9,12,14H,4,10-11H2,1-3H3,(H,17,19). The van der Waals surface area contributed by atoms with Crippen LogP contribution < -0.4 is 5.32 Å². The fraction of sp³-hybridized carbons (Fsp3) is 0.533. The van der Waals surface area contributed by atoms with E-state index >= 15 is 0 Å². The van der Waals surface area contributed by atoms with Crippen LogP contribution >= 0.6 is 11.6 Å². The van der Waals surface area contributed by atoms with E-state index in [9.17, 15) is 4.79 Å². The van der Waals surface area contributed by atoms with E-state index in [-0.39, 0.29) is 5.91 Å². The molecule has 2 unspecified atom stereocenters. The van der Waals surface area contributed by atoms with Gasteiger partial charge in [-0.25, -0.2) is 0 Å². The van der Waals surface area contributed by atoms with Crippen LogP contribution in [0.15, 0.2) is 30.3 Å². The molecule has 0 fully saturated rings. The number of amides is 1. The van der Waals surface area contributed by atoms with E-state index < -0.39 is 5.38 Å². The van der Waals surface area contributed by atoms with E-state index in [4.69, 9.17) is 11.6 Å². The van der Waals surface area contributed by atoms with Crippen molar-refractivity contribution < 1.29 is 4.79 Å². The second-order valence-corrected chi connectivity index (χ2v) is 5.24. The van der Waals surface area contributed by atoms with Crippen LogP contribution in [0.4, 0.5) is 0 Å². The first-order valence-corrected chi connectivity index (χ1v) is 7.16. The summed E-state index contributed by atoms with van der Waals surface area (Å²) in [6.45, 7) is 5.79. The molecule has 1 rings (SSSR count). The SMILES string of the molecule is CCC(C)N(C)CCNC(=O)C(Cl)c1ccccc1. The van der Waals surface area contributed by atoms with Crippen LogP contribution in [0.1, 0.15) is 31.2 Å². The number of halogens is 1. The van der Waals surface area contributed by atoms with Gasteiger partial charge in [-0.15, -0.1) is 11.6 Å². The molecule has 1 amide bonds. The molecule has 19 heavy (non-hydrogen) atoms. The number of hydrogen-bond acceptors (Lipinski definition) is 2. The molecule has 0 bridgehead atoms. The molecule has 1 aromatic rings. The molecule has 1 N–H and O–H groups in total. The zero-order valence-electron chi connectivity index (χ0n) is 11.9. The molecule has 0 spiro atoms. The van der Waals surface area contributed by atoms with Gasteiger partial charge in [-0.1, -0.05) is 37.3 Å². The number of hydrogen-bond donors (Lipinski definition) is 1. The number of benzene rings is 1. The maximum Gasteiger partial charge on any atom is 0.242 e. The van der Waals surface area contributed by atoms with Crippen LogP contribution in [0, 0.1) is 0 Å². The molecule has 106 valence electrons. The predicted molar refractivity (Wildman–Crippen MR) is 80.4 cm³/mol. The molecule has 0 aliphatic carbocycles. The van der Waals surface area contributed by atoms with Crippen LogP contribution in [0.3, 0.4) is 0 Å². The molecule has 0 radical (unpaired) electrons. The number of carbonyl (C=O) groups is 1. The lowest BCUT2D eigenvalue weighted by atomic mass is 10.1. The molecule has 0 aliphatic rings. The molecule has 0 saturated heterocycles. The summed E-state index contributed by atoms with van der Waals surface area (Å²) in [4.78, 5) is 14.1. The van der Waals surface area contributed by atoms with E-state index in [1.54, 1.807) is 0 Å². The van der Waals surface area contributed by atoms with Gasteiger partial charge >= 0.3 is 0 Å². The van der Waals surface area contributed by atoms with Crippen LogP contribution in [0.2, 0.25) is 0 Å². The number of likely N-dealkylation sites (N-methyl/N-ethyl adjacent to an activating group) is 1. The summed E-state index contributed by atoms with van der Waals surface area (Å²) >= 11 is 6.14. The summed E-state index contributed by atoms with van der Waals surface area (Å²) in [5, 5.41) is 2.26. The lowest BCUT2D eigenvalue weighted by molar-refractivity contribution is -0.120. The first-order chi connectivity index (χ1) is 9.06. The number of rotatable bonds is 7. The highest BCUT2D eigenvalue weighted by molar-refractivity contribution is 6.30. The van der Waals surface area contributed by atoms with Crippen LogP contribution in [-0.2, 0) is 4.79 Å². The minimum Gasteiger partial charge on any atom is -0.353 e. The van der Waals surface area contributed by atoms with Crippen LogP contribution in [0.25, 0.3) is 0 Å². The van der Waals surface area contributed by atoms with E-state index in [2.05, 4.69) is 31.1 Å². The third-order valence-electron chi connectivity index (χ3n) is 3.43. The molecule has 0 saturated carbocycles. The van der Waals surface area contributed by atoms with Crippen molar-refractivity contribution in [1.82, 2.24) is 10.2 Å². The van der Waals surface area contributed by atoms with Crippen molar-refractivity contribution in [2.75, 3.05) is 20.1 Å². The summed E-state index contributed by atoms with van der Waals surface area (Å²) in [5.41, 5.74) is 0.831. The predicted octanol–water partition coefficient (Wildman–Crippen LogP) is 2.81. The van der Waals surface area contributed by atoms with Crippen molar-refractivity contribution >= 4 is 17.5 Å². The summed E-state index contributed by atoms with van der Waals surface area (Å²) in [6, 6.07) is 9.93. The van der Waals surface area contributed by atoms with Gasteiger partial charge in [-0.05, 0) is 26.0 Å². The summed E-state index contributed by atoms with van der Waals surface area (Å²) in [7, 11) is 2.07. The Labute approximate surface area is 120 Å². The lowest BCUT2D eigenvalue weighted by Crippen LogP contribution is -2.38. The van der Waals surface area contributed by atoms with Gasteiger partial charge in [0.1, 0.15) is 5.38 Å². The minimum atomic E-state index is -0.616. The Hall–Kier alpha value is -1.06. The quantitative estimate of drug-likeness (QED) is 0.780. The Morgan fingerprint density at radius 1 is 1.37 bits per heavy atom. The Morgan fingerprint density at radius 3 is 2.58 bits per heavy atom. The van der Waals surface area contributed by atoms with E-state index in [0.717, 1.165) is 18.5 Å².